The molecule has 0 aliphatic heterocycles. The summed E-state index contributed by atoms with van der Waals surface area (Å²) in [6, 6.07) is 2.55. The van der Waals surface area contributed by atoms with E-state index in [0.717, 1.165) is 23.9 Å². The lowest BCUT2D eigenvalue weighted by Crippen LogP contribution is -2.08. The van der Waals surface area contributed by atoms with Crippen LogP contribution >= 0.6 is 11.8 Å². The molecule has 0 unspecified atom stereocenters. The van der Waals surface area contributed by atoms with Gasteiger partial charge in [0.1, 0.15) is 0 Å². The van der Waals surface area contributed by atoms with Crippen LogP contribution in [0.25, 0.3) is 0 Å². The summed E-state index contributed by atoms with van der Waals surface area (Å²) in [5.41, 5.74) is -1.66. The molecule has 0 radical (unpaired) electrons. The molecule has 0 aliphatic rings. The van der Waals surface area contributed by atoms with E-state index in [1.807, 2.05) is 0 Å². The average molecular weight is 267 g/mol. The van der Waals surface area contributed by atoms with Crippen molar-refractivity contribution in [2.24, 2.45) is 0 Å². The third kappa shape index (κ3) is 3.60. The molecule has 94 valence electrons. The summed E-state index contributed by atoms with van der Waals surface area (Å²) < 4.78 is 37.9. The summed E-state index contributed by atoms with van der Waals surface area (Å²) in [6.45, 7) is -0.265. The number of nitrogens with zero attached hydrogens (tertiary/aromatic N) is 1. The Labute approximate surface area is 98.6 Å². The van der Waals surface area contributed by atoms with Gasteiger partial charge in [-0.2, -0.15) is 13.2 Å². The quantitative estimate of drug-likeness (QED) is 0.517. The van der Waals surface area contributed by atoms with Crippen molar-refractivity contribution < 1.29 is 23.2 Å². The molecule has 17 heavy (non-hydrogen) atoms. The zero-order valence-corrected chi connectivity index (χ0v) is 9.22. The highest BCUT2D eigenvalue weighted by Crippen LogP contribution is 2.38. The molecule has 0 amide bonds. The summed E-state index contributed by atoms with van der Waals surface area (Å²) in [6.07, 6.45) is -4.65. The lowest BCUT2D eigenvalue weighted by atomic mass is 10.2. The number of rotatable bonds is 4. The maximum Gasteiger partial charge on any atom is 0.417 e. The Balaban J connectivity index is 3.17. The van der Waals surface area contributed by atoms with Gasteiger partial charge in [0, 0.05) is 22.8 Å². The Morgan fingerprint density at radius 3 is 2.53 bits per heavy atom. The molecule has 0 aliphatic carbocycles. The summed E-state index contributed by atoms with van der Waals surface area (Å²) in [7, 11) is 0. The highest BCUT2D eigenvalue weighted by Gasteiger charge is 2.35. The van der Waals surface area contributed by atoms with Crippen molar-refractivity contribution in [2.75, 3.05) is 12.4 Å². The van der Waals surface area contributed by atoms with Gasteiger partial charge in [-0.05, 0) is 6.07 Å². The number of thioether (sulfide) groups is 1. The van der Waals surface area contributed by atoms with Gasteiger partial charge >= 0.3 is 6.18 Å². The van der Waals surface area contributed by atoms with Crippen LogP contribution in [0.3, 0.4) is 0 Å². The van der Waals surface area contributed by atoms with Crippen LogP contribution < -0.4 is 0 Å². The molecular weight excluding hydrogens is 259 g/mol. The van der Waals surface area contributed by atoms with Crippen molar-refractivity contribution >= 4 is 17.4 Å². The number of halogens is 3. The van der Waals surface area contributed by atoms with Gasteiger partial charge in [-0.25, -0.2) is 0 Å². The minimum absolute atomic E-state index is 0.0981. The van der Waals surface area contributed by atoms with Gasteiger partial charge in [-0.3, -0.25) is 10.1 Å². The standard InChI is InChI=1S/C9H8F3NO3S/c10-9(11,12)7-5-6(13(15)16)1-2-8(7)17-4-3-14/h1-2,5,14H,3-4H2. The van der Waals surface area contributed by atoms with E-state index in [9.17, 15) is 23.3 Å². The van der Waals surface area contributed by atoms with E-state index in [2.05, 4.69) is 0 Å². The average Bonchev–Trinajstić information content (AvgIpc) is 2.24. The fourth-order valence-electron chi connectivity index (χ4n) is 1.13. The summed E-state index contributed by atoms with van der Waals surface area (Å²) in [4.78, 5) is 9.39. The van der Waals surface area contributed by atoms with E-state index in [0.29, 0.717) is 6.07 Å². The van der Waals surface area contributed by atoms with Crippen molar-refractivity contribution in [1.29, 1.82) is 0 Å². The second-order valence-corrected chi connectivity index (χ2v) is 4.14. The second kappa shape index (κ2) is 5.37. The largest absolute Gasteiger partial charge is 0.417 e. The van der Waals surface area contributed by atoms with Gasteiger partial charge in [0.25, 0.3) is 5.69 Å². The first-order chi connectivity index (χ1) is 7.86. The van der Waals surface area contributed by atoms with E-state index < -0.39 is 22.4 Å². The first-order valence-corrected chi connectivity index (χ1v) is 5.44. The van der Waals surface area contributed by atoms with Gasteiger partial charge in [-0.15, -0.1) is 11.8 Å². The van der Waals surface area contributed by atoms with E-state index in [1.165, 1.54) is 0 Å². The smallest absolute Gasteiger partial charge is 0.396 e. The molecule has 0 saturated carbocycles. The monoisotopic (exact) mass is 267 g/mol. The number of nitro groups is 1. The molecule has 0 fully saturated rings. The SMILES string of the molecule is O=[N+]([O-])c1ccc(SCCO)c(C(F)(F)F)c1. The zero-order valence-electron chi connectivity index (χ0n) is 8.40. The Morgan fingerprint density at radius 1 is 1.41 bits per heavy atom. The molecule has 0 saturated heterocycles. The summed E-state index contributed by atoms with van der Waals surface area (Å²) >= 11 is 0.802. The molecule has 4 nitrogen and oxygen atoms in total. The normalized spacial score (nSPS) is 11.5. The molecule has 8 heteroatoms. The minimum Gasteiger partial charge on any atom is -0.396 e. The minimum atomic E-state index is -4.65. The van der Waals surface area contributed by atoms with Crippen LogP contribution in [0.15, 0.2) is 23.1 Å². The van der Waals surface area contributed by atoms with Crippen molar-refractivity contribution in [3.05, 3.63) is 33.9 Å². The predicted molar refractivity (Wildman–Crippen MR) is 55.9 cm³/mol. The maximum absolute atomic E-state index is 12.6. The molecule has 1 rings (SSSR count). The van der Waals surface area contributed by atoms with Gasteiger partial charge in [0.2, 0.25) is 0 Å². The Bertz CT molecular complexity index is 422. The first kappa shape index (κ1) is 13.8. The van der Waals surface area contributed by atoms with E-state index in [1.54, 1.807) is 0 Å². The number of non-ortho nitro benzene ring substituents is 1. The molecule has 0 heterocycles. The van der Waals surface area contributed by atoms with Gasteiger partial charge in [0.05, 0.1) is 17.1 Å². The summed E-state index contributed by atoms with van der Waals surface area (Å²) in [5.74, 6) is 0.0981. The molecular formula is C9H8F3NO3S. The Hall–Kier alpha value is -1.28. The number of alkyl halides is 3. The Morgan fingerprint density at radius 2 is 2.06 bits per heavy atom. The van der Waals surface area contributed by atoms with Crippen LogP contribution in [0.1, 0.15) is 5.56 Å². The van der Waals surface area contributed by atoms with Crippen molar-refractivity contribution in [3.8, 4) is 0 Å². The van der Waals surface area contributed by atoms with Crippen molar-refractivity contribution in [2.45, 2.75) is 11.1 Å². The molecule has 0 bridgehead atoms. The fourth-order valence-corrected chi connectivity index (χ4v) is 1.94. The highest BCUT2D eigenvalue weighted by molar-refractivity contribution is 7.99. The lowest BCUT2D eigenvalue weighted by Gasteiger charge is -2.11. The van der Waals surface area contributed by atoms with Crippen LogP contribution in [0, 0.1) is 10.1 Å². The molecule has 1 N–H and O–H groups in total. The van der Waals surface area contributed by atoms with Gasteiger partial charge in [0.15, 0.2) is 0 Å². The van der Waals surface area contributed by atoms with Crippen LogP contribution in [0.4, 0.5) is 18.9 Å². The van der Waals surface area contributed by atoms with Crippen LogP contribution in [-0.2, 0) is 6.18 Å². The summed E-state index contributed by atoms with van der Waals surface area (Å²) in [5, 5.41) is 19.0. The second-order valence-electron chi connectivity index (χ2n) is 3.01. The maximum atomic E-state index is 12.6. The predicted octanol–water partition coefficient (Wildman–Crippen LogP) is 2.70. The van der Waals surface area contributed by atoms with E-state index in [4.69, 9.17) is 5.11 Å². The van der Waals surface area contributed by atoms with Gasteiger partial charge in [-0.1, -0.05) is 0 Å². The first-order valence-electron chi connectivity index (χ1n) is 4.45. The lowest BCUT2D eigenvalue weighted by molar-refractivity contribution is -0.385. The molecule has 1 aromatic carbocycles. The zero-order chi connectivity index (χ0) is 13.1. The van der Waals surface area contributed by atoms with Crippen LogP contribution in [0.5, 0.6) is 0 Å². The number of aliphatic hydroxyl groups is 1. The molecule has 0 atom stereocenters. The number of aliphatic hydroxyl groups excluding tert-OH is 1. The number of nitro benzene ring substituents is 1. The molecule has 1 aromatic rings. The topological polar surface area (TPSA) is 63.4 Å². The fraction of sp³-hybridized carbons (Fsp3) is 0.333. The van der Waals surface area contributed by atoms with Gasteiger partial charge < -0.3 is 5.11 Å². The van der Waals surface area contributed by atoms with E-state index in [-0.39, 0.29) is 17.3 Å². The van der Waals surface area contributed by atoms with E-state index >= 15 is 0 Å². The number of hydrogen-bond donors (Lipinski definition) is 1. The Kier molecular flexibility index (Phi) is 4.35. The highest BCUT2D eigenvalue weighted by atomic mass is 32.2. The number of hydrogen-bond acceptors (Lipinski definition) is 4. The third-order valence-electron chi connectivity index (χ3n) is 1.83. The number of benzene rings is 1. The third-order valence-corrected chi connectivity index (χ3v) is 2.88. The van der Waals surface area contributed by atoms with Crippen LogP contribution in [0.2, 0.25) is 0 Å². The van der Waals surface area contributed by atoms with Crippen LogP contribution in [-0.4, -0.2) is 22.4 Å². The van der Waals surface area contributed by atoms with Crippen molar-refractivity contribution in [3.63, 3.8) is 0 Å². The van der Waals surface area contributed by atoms with Crippen molar-refractivity contribution in [1.82, 2.24) is 0 Å². The molecule has 0 aromatic heterocycles. The molecule has 0 spiro atoms.